The average Bonchev–Trinajstić information content (AvgIpc) is 3.46. The molecule has 0 radical (unpaired) electrons. The van der Waals surface area contributed by atoms with E-state index in [4.69, 9.17) is 9.47 Å². The van der Waals surface area contributed by atoms with Crippen molar-refractivity contribution in [1.29, 1.82) is 0 Å². The molecule has 1 aliphatic heterocycles. The molecule has 234 valence electrons. The molecule has 0 unspecified atom stereocenters. The Morgan fingerprint density at radius 3 is 2.44 bits per heavy atom. The van der Waals surface area contributed by atoms with Gasteiger partial charge in [0, 0.05) is 37.3 Å². The number of aliphatic hydroxyl groups excluding tert-OH is 2. The molecule has 0 bridgehead atoms. The lowest BCUT2D eigenvalue weighted by Gasteiger charge is -2.47. The number of methoxy groups -OCH3 is 1. The van der Waals surface area contributed by atoms with Crippen LogP contribution in [0.1, 0.15) is 53.8 Å². The third-order valence-electron chi connectivity index (χ3n) is 8.39. The van der Waals surface area contributed by atoms with E-state index in [1.165, 1.54) is 24.9 Å². The van der Waals surface area contributed by atoms with Gasteiger partial charge in [0.2, 0.25) is 5.92 Å². The van der Waals surface area contributed by atoms with Crippen molar-refractivity contribution >= 4 is 11.8 Å². The summed E-state index contributed by atoms with van der Waals surface area (Å²) < 4.78 is 70.0. The van der Waals surface area contributed by atoms with Crippen LogP contribution in [0.5, 0.6) is 0 Å². The van der Waals surface area contributed by atoms with E-state index in [0.717, 1.165) is 29.5 Å². The van der Waals surface area contributed by atoms with E-state index in [1.807, 2.05) is 13.0 Å². The maximum atomic E-state index is 14.3. The van der Waals surface area contributed by atoms with Crippen LogP contribution in [0, 0.1) is 25.5 Å². The number of halogens is 4. The van der Waals surface area contributed by atoms with E-state index in [-0.39, 0.29) is 29.7 Å². The van der Waals surface area contributed by atoms with Gasteiger partial charge in [-0.05, 0) is 50.5 Å². The summed E-state index contributed by atoms with van der Waals surface area (Å²) in [5, 5.41) is 40.5. The van der Waals surface area contributed by atoms with Gasteiger partial charge in [-0.1, -0.05) is 11.3 Å². The zero-order chi connectivity index (χ0) is 31.1. The largest absolute Gasteiger partial charge is 0.394 e. The van der Waals surface area contributed by atoms with Gasteiger partial charge in [-0.2, -0.15) is 0 Å². The Balaban J connectivity index is 1.50. The molecule has 5 rings (SSSR count). The number of ether oxygens (including phenoxy) is 2. The quantitative estimate of drug-likeness (QED) is 0.315. The molecule has 1 aliphatic carbocycles. The minimum Gasteiger partial charge on any atom is -0.394 e. The number of benzene rings is 1. The summed E-state index contributed by atoms with van der Waals surface area (Å²) in [6.07, 6.45) is -1.80. The predicted octanol–water partition coefficient (Wildman–Crippen LogP) is 4.28. The molecule has 0 spiro atoms. The monoisotopic (exact) mass is 626 g/mol. The van der Waals surface area contributed by atoms with Crippen LogP contribution in [0.25, 0.3) is 11.3 Å². The van der Waals surface area contributed by atoms with Gasteiger partial charge < -0.3 is 24.8 Å². The van der Waals surface area contributed by atoms with Gasteiger partial charge in [0.1, 0.15) is 47.1 Å². The fourth-order valence-electron chi connectivity index (χ4n) is 5.73. The molecule has 1 saturated heterocycles. The van der Waals surface area contributed by atoms with Crippen LogP contribution in [0.15, 0.2) is 36.7 Å². The van der Waals surface area contributed by atoms with Gasteiger partial charge >= 0.3 is 0 Å². The standard InChI is InChI=1S/C29H34F4N4O5S/c1-15-5-4-10-34-22(15)26(28(40)6-8-29(32,33)9-7-28)43-27-25(41-3)23(24(39)21(14-38)42-27)37-13-20(35-36-37)17-11-18(30)16(2)19(31)12-17/h4-5,10-13,21,23-27,38-40H,6-9,14H2,1-3H3/t21-,23+,24+,25-,26+,27+/m1/s1. The molecule has 3 aromatic rings. The lowest BCUT2D eigenvalue weighted by molar-refractivity contribution is -0.186. The molecule has 2 aliphatic rings. The van der Waals surface area contributed by atoms with E-state index < -0.39 is 77.6 Å². The summed E-state index contributed by atoms with van der Waals surface area (Å²) in [7, 11) is 1.39. The number of aryl methyl sites for hydroxylation is 1. The summed E-state index contributed by atoms with van der Waals surface area (Å²) >= 11 is 1.11. The number of pyridine rings is 1. The Hall–Kier alpha value is -2.62. The first-order valence-electron chi connectivity index (χ1n) is 13.9. The number of aliphatic hydroxyl groups is 3. The topological polar surface area (TPSA) is 123 Å². The minimum absolute atomic E-state index is 0.133. The molecule has 14 heteroatoms. The summed E-state index contributed by atoms with van der Waals surface area (Å²) in [4.78, 5) is 4.49. The van der Waals surface area contributed by atoms with E-state index in [0.29, 0.717) is 5.69 Å². The highest BCUT2D eigenvalue weighted by molar-refractivity contribution is 8.00. The van der Waals surface area contributed by atoms with Crippen molar-refractivity contribution < 1.29 is 42.4 Å². The van der Waals surface area contributed by atoms with E-state index >= 15 is 0 Å². The summed E-state index contributed by atoms with van der Waals surface area (Å²) in [5.74, 6) is -4.39. The Morgan fingerprint density at radius 2 is 1.84 bits per heavy atom. The van der Waals surface area contributed by atoms with Crippen LogP contribution in [-0.2, 0) is 9.47 Å². The van der Waals surface area contributed by atoms with Gasteiger partial charge in [0.25, 0.3) is 0 Å². The van der Waals surface area contributed by atoms with E-state index in [9.17, 15) is 32.9 Å². The number of hydrogen-bond acceptors (Lipinski definition) is 9. The zero-order valence-electron chi connectivity index (χ0n) is 23.8. The van der Waals surface area contributed by atoms with Crippen molar-refractivity contribution in [1.82, 2.24) is 20.0 Å². The van der Waals surface area contributed by atoms with E-state index in [2.05, 4.69) is 15.3 Å². The molecule has 6 atom stereocenters. The Kier molecular flexibility index (Phi) is 9.17. The Labute approximate surface area is 250 Å². The molecule has 3 N–H and O–H groups in total. The molecular weight excluding hydrogens is 592 g/mol. The number of aromatic nitrogens is 4. The average molecular weight is 627 g/mol. The minimum atomic E-state index is -2.89. The number of hydrogen-bond donors (Lipinski definition) is 3. The molecule has 1 saturated carbocycles. The fourth-order valence-corrected chi connectivity index (χ4v) is 7.50. The highest BCUT2D eigenvalue weighted by atomic mass is 32.2. The van der Waals surface area contributed by atoms with Gasteiger partial charge in [-0.15, -0.1) is 16.9 Å². The number of thioether (sulfide) groups is 1. The number of rotatable bonds is 8. The first kappa shape index (κ1) is 31.8. The first-order valence-corrected chi connectivity index (χ1v) is 14.8. The predicted molar refractivity (Wildman–Crippen MR) is 149 cm³/mol. The smallest absolute Gasteiger partial charge is 0.248 e. The summed E-state index contributed by atoms with van der Waals surface area (Å²) in [6.45, 7) is 2.54. The van der Waals surface area contributed by atoms with Crippen LogP contribution in [0.3, 0.4) is 0 Å². The molecule has 3 heterocycles. The maximum absolute atomic E-state index is 14.3. The van der Waals surface area contributed by atoms with Crippen LogP contribution in [0.4, 0.5) is 17.6 Å². The molecule has 0 amide bonds. The molecular formula is C29H34F4N4O5S. The van der Waals surface area contributed by atoms with Crippen molar-refractivity contribution in [3.05, 3.63) is 65.1 Å². The zero-order valence-corrected chi connectivity index (χ0v) is 24.6. The SMILES string of the molecule is CO[C@@H]1[C@@H](n2cc(-c3cc(F)c(C)c(F)c3)nn2)[C@@H](O)[C@@H](CO)O[C@H]1S[C@@H](c1ncccc1C)C1(O)CCC(F)(F)CC1. The maximum Gasteiger partial charge on any atom is 0.248 e. The molecule has 1 aromatic carbocycles. The normalized spacial score (nSPS) is 27.6. The van der Waals surface area contributed by atoms with Gasteiger partial charge in [0.05, 0.1) is 29.3 Å². The summed E-state index contributed by atoms with van der Waals surface area (Å²) in [6, 6.07) is 4.81. The third kappa shape index (κ3) is 6.31. The Bertz CT molecular complexity index is 1410. The number of alkyl halides is 2. The first-order chi connectivity index (χ1) is 20.4. The summed E-state index contributed by atoms with van der Waals surface area (Å²) in [5.41, 5.74) is -1.15. The van der Waals surface area contributed by atoms with Gasteiger partial charge in [-0.3, -0.25) is 4.98 Å². The molecule has 9 nitrogen and oxygen atoms in total. The number of nitrogens with zero attached hydrogens (tertiary/aromatic N) is 4. The lowest BCUT2D eigenvalue weighted by Crippen LogP contribution is -2.56. The van der Waals surface area contributed by atoms with Crippen molar-refractivity contribution in [2.24, 2.45) is 0 Å². The molecule has 43 heavy (non-hydrogen) atoms. The third-order valence-corrected chi connectivity index (χ3v) is 9.97. The highest BCUT2D eigenvalue weighted by Gasteiger charge is 2.53. The second-order valence-electron chi connectivity index (χ2n) is 11.2. The molecule has 2 aromatic heterocycles. The van der Waals surface area contributed by atoms with Crippen molar-refractivity contribution in [3.63, 3.8) is 0 Å². The Morgan fingerprint density at radius 1 is 1.16 bits per heavy atom. The van der Waals surface area contributed by atoms with Crippen LogP contribution in [-0.4, -0.2) is 84.3 Å². The lowest BCUT2D eigenvalue weighted by atomic mass is 9.79. The molecule has 2 fully saturated rings. The van der Waals surface area contributed by atoms with Crippen LogP contribution < -0.4 is 0 Å². The van der Waals surface area contributed by atoms with Crippen LogP contribution >= 0.6 is 11.8 Å². The van der Waals surface area contributed by atoms with Crippen molar-refractivity contribution in [2.75, 3.05) is 13.7 Å². The highest BCUT2D eigenvalue weighted by Crippen LogP contribution is 2.53. The second kappa shape index (κ2) is 12.4. The van der Waals surface area contributed by atoms with Gasteiger partial charge in [0.15, 0.2) is 0 Å². The van der Waals surface area contributed by atoms with E-state index in [1.54, 1.807) is 12.3 Å². The van der Waals surface area contributed by atoms with Crippen molar-refractivity contribution in [2.45, 2.75) is 86.1 Å². The van der Waals surface area contributed by atoms with Crippen molar-refractivity contribution in [3.8, 4) is 11.3 Å². The van der Waals surface area contributed by atoms with Gasteiger partial charge in [-0.25, -0.2) is 22.2 Å². The van der Waals surface area contributed by atoms with Crippen LogP contribution in [0.2, 0.25) is 0 Å². The fraction of sp³-hybridized carbons (Fsp3) is 0.552. The second-order valence-corrected chi connectivity index (χ2v) is 12.4.